The van der Waals surface area contributed by atoms with Crippen LogP contribution in [-0.4, -0.2) is 42.1 Å². The molecule has 178 valence electrons. The van der Waals surface area contributed by atoms with Crippen molar-refractivity contribution in [3.63, 3.8) is 0 Å². The van der Waals surface area contributed by atoms with Crippen molar-refractivity contribution in [1.82, 2.24) is 15.3 Å². The molecule has 0 saturated carbocycles. The molecular weight excluding hydrogens is 484 g/mol. The number of rotatable bonds is 8. The number of fused-ring (bicyclic) bond motifs is 1. The standard InChI is InChI=1S/C25H22N4O4S2/c1-13-18-22(26-19-14(2)23(30)29-24(19)31)27-21(17-5-4-12-34-17)28-25(18)35-20(13)15-6-8-16(9-7-15)33-11-10-32-3/h4-9,12H,10-11H2,1-3H3,(H2,26,27,28,29,30,31). The highest BCUT2D eigenvalue weighted by atomic mass is 32.1. The summed E-state index contributed by atoms with van der Waals surface area (Å²) < 4.78 is 10.7. The molecule has 4 heterocycles. The lowest BCUT2D eigenvalue weighted by Gasteiger charge is -2.10. The van der Waals surface area contributed by atoms with Crippen LogP contribution in [0.4, 0.5) is 5.82 Å². The minimum absolute atomic E-state index is 0.205. The van der Waals surface area contributed by atoms with Gasteiger partial charge in [0, 0.05) is 17.6 Å². The van der Waals surface area contributed by atoms with Crippen LogP contribution in [0.5, 0.6) is 5.75 Å². The smallest absolute Gasteiger partial charge is 0.275 e. The van der Waals surface area contributed by atoms with Gasteiger partial charge in [0.1, 0.15) is 28.7 Å². The Balaban J connectivity index is 1.59. The van der Waals surface area contributed by atoms with Gasteiger partial charge in [-0.15, -0.1) is 22.7 Å². The molecule has 2 N–H and O–H groups in total. The first-order valence-electron chi connectivity index (χ1n) is 10.9. The summed E-state index contributed by atoms with van der Waals surface area (Å²) in [7, 11) is 1.64. The van der Waals surface area contributed by atoms with E-state index in [-0.39, 0.29) is 5.70 Å². The topological polar surface area (TPSA) is 102 Å². The molecule has 0 unspecified atom stereocenters. The van der Waals surface area contributed by atoms with Crippen LogP contribution in [0.15, 0.2) is 53.0 Å². The number of nitrogens with one attached hydrogen (secondary N) is 2. The van der Waals surface area contributed by atoms with E-state index in [1.807, 2.05) is 48.7 Å². The predicted molar refractivity (Wildman–Crippen MR) is 138 cm³/mol. The van der Waals surface area contributed by atoms with Gasteiger partial charge in [-0.3, -0.25) is 14.9 Å². The molecule has 3 aromatic heterocycles. The van der Waals surface area contributed by atoms with E-state index in [9.17, 15) is 9.59 Å². The van der Waals surface area contributed by atoms with E-state index in [1.165, 1.54) is 11.3 Å². The number of carbonyl (C=O) groups is 2. The first kappa shape index (κ1) is 23.2. The summed E-state index contributed by atoms with van der Waals surface area (Å²) in [6.07, 6.45) is 0. The number of nitrogens with zero attached hydrogens (tertiary/aromatic N) is 2. The molecule has 0 aliphatic carbocycles. The summed E-state index contributed by atoms with van der Waals surface area (Å²) >= 11 is 3.10. The number of benzene rings is 1. The second-order valence-corrected chi connectivity index (χ2v) is 9.83. The van der Waals surface area contributed by atoms with E-state index < -0.39 is 11.8 Å². The van der Waals surface area contributed by atoms with Gasteiger partial charge >= 0.3 is 0 Å². The molecule has 10 heteroatoms. The highest BCUT2D eigenvalue weighted by molar-refractivity contribution is 7.22. The number of aromatic nitrogens is 2. The monoisotopic (exact) mass is 506 g/mol. The molecule has 0 radical (unpaired) electrons. The van der Waals surface area contributed by atoms with Crippen molar-refractivity contribution in [3.8, 4) is 26.9 Å². The average Bonchev–Trinajstić information content (AvgIpc) is 3.56. The fourth-order valence-electron chi connectivity index (χ4n) is 3.78. The van der Waals surface area contributed by atoms with Crippen molar-refractivity contribution in [1.29, 1.82) is 0 Å². The minimum Gasteiger partial charge on any atom is -0.491 e. The lowest BCUT2D eigenvalue weighted by molar-refractivity contribution is -0.124. The molecule has 0 atom stereocenters. The molecule has 1 aromatic carbocycles. The van der Waals surface area contributed by atoms with E-state index >= 15 is 0 Å². The van der Waals surface area contributed by atoms with Crippen LogP contribution < -0.4 is 15.4 Å². The van der Waals surface area contributed by atoms with E-state index in [0.29, 0.717) is 30.4 Å². The zero-order chi connectivity index (χ0) is 24.5. The Labute approximate surface area is 209 Å². The molecule has 2 amide bonds. The summed E-state index contributed by atoms with van der Waals surface area (Å²) in [5.41, 5.74) is 2.55. The van der Waals surface area contributed by atoms with Gasteiger partial charge < -0.3 is 14.8 Å². The number of methoxy groups -OCH3 is 1. The van der Waals surface area contributed by atoms with Crippen molar-refractivity contribution in [2.45, 2.75) is 13.8 Å². The molecule has 1 aliphatic heterocycles. The van der Waals surface area contributed by atoms with Crippen LogP contribution in [0.1, 0.15) is 12.5 Å². The number of aryl methyl sites for hydroxylation is 1. The molecule has 5 rings (SSSR count). The van der Waals surface area contributed by atoms with Crippen molar-refractivity contribution in [2.24, 2.45) is 0 Å². The van der Waals surface area contributed by atoms with E-state index in [4.69, 9.17) is 19.4 Å². The highest BCUT2D eigenvalue weighted by Crippen LogP contribution is 2.42. The number of carbonyl (C=O) groups excluding carboxylic acids is 2. The third-order valence-corrected chi connectivity index (χ3v) is 7.72. The zero-order valence-corrected chi connectivity index (χ0v) is 20.9. The first-order chi connectivity index (χ1) is 17.0. The Hall–Kier alpha value is -3.60. The number of amides is 2. The third kappa shape index (κ3) is 4.43. The number of hydrogen-bond donors (Lipinski definition) is 2. The average molecular weight is 507 g/mol. The maximum Gasteiger partial charge on any atom is 0.275 e. The first-order valence-corrected chi connectivity index (χ1v) is 12.6. The van der Waals surface area contributed by atoms with Crippen molar-refractivity contribution >= 4 is 50.5 Å². The molecular formula is C25H22N4O4S2. The molecule has 1 aliphatic rings. The van der Waals surface area contributed by atoms with Crippen LogP contribution in [-0.2, 0) is 14.3 Å². The predicted octanol–water partition coefficient (Wildman–Crippen LogP) is 4.76. The van der Waals surface area contributed by atoms with Crippen LogP contribution in [0.3, 0.4) is 0 Å². The largest absolute Gasteiger partial charge is 0.491 e. The summed E-state index contributed by atoms with van der Waals surface area (Å²) in [6, 6.07) is 11.8. The molecule has 0 fully saturated rings. The Morgan fingerprint density at radius 3 is 2.49 bits per heavy atom. The van der Waals surface area contributed by atoms with E-state index in [1.54, 1.807) is 25.4 Å². The maximum absolute atomic E-state index is 12.4. The number of hydrogen-bond acceptors (Lipinski definition) is 9. The van der Waals surface area contributed by atoms with Crippen LogP contribution >= 0.6 is 22.7 Å². The fraction of sp³-hybridized carbons (Fsp3) is 0.200. The van der Waals surface area contributed by atoms with Gasteiger partial charge in [0.15, 0.2) is 5.82 Å². The van der Waals surface area contributed by atoms with Crippen LogP contribution in [0.2, 0.25) is 0 Å². The molecule has 8 nitrogen and oxygen atoms in total. The second kappa shape index (κ2) is 9.57. The summed E-state index contributed by atoms with van der Waals surface area (Å²) in [6.45, 7) is 4.64. The molecule has 0 bridgehead atoms. The van der Waals surface area contributed by atoms with Crippen LogP contribution in [0.25, 0.3) is 31.4 Å². The summed E-state index contributed by atoms with van der Waals surface area (Å²) in [5, 5.41) is 8.24. The fourth-order valence-corrected chi connectivity index (χ4v) is 5.62. The number of imide groups is 1. The maximum atomic E-state index is 12.4. The lowest BCUT2D eigenvalue weighted by Crippen LogP contribution is -2.24. The van der Waals surface area contributed by atoms with E-state index in [0.717, 1.165) is 36.8 Å². The molecule has 0 spiro atoms. The zero-order valence-electron chi connectivity index (χ0n) is 19.3. The SMILES string of the molecule is COCCOc1ccc(-c2sc3nc(-c4cccs4)nc(NC4=C(C)C(=O)NC4=O)c3c2C)cc1. The number of ether oxygens (including phenoxy) is 2. The second-order valence-electron chi connectivity index (χ2n) is 7.88. The third-order valence-electron chi connectivity index (χ3n) is 5.62. The van der Waals surface area contributed by atoms with Gasteiger partial charge in [-0.1, -0.05) is 6.07 Å². The van der Waals surface area contributed by atoms with Crippen LogP contribution in [0, 0.1) is 6.92 Å². The number of thiophene rings is 2. The summed E-state index contributed by atoms with van der Waals surface area (Å²) in [5.74, 6) is 0.960. The lowest BCUT2D eigenvalue weighted by atomic mass is 10.1. The minimum atomic E-state index is -0.464. The summed E-state index contributed by atoms with van der Waals surface area (Å²) in [4.78, 5) is 36.7. The Kier molecular flexibility index (Phi) is 6.33. The Morgan fingerprint density at radius 1 is 1.03 bits per heavy atom. The molecule has 4 aromatic rings. The van der Waals surface area contributed by atoms with Gasteiger partial charge in [0.05, 0.1) is 16.9 Å². The Bertz CT molecular complexity index is 1460. The normalized spacial score (nSPS) is 13.6. The molecule has 0 saturated heterocycles. The van der Waals surface area contributed by atoms with Gasteiger partial charge in [0.2, 0.25) is 0 Å². The van der Waals surface area contributed by atoms with E-state index in [2.05, 4.69) is 10.6 Å². The van der Waals surface area contributed by atoms with Crippen molar-refractivity contribution in [2.75, 3.05) is 25.6 Å². The number of anilines is 1. The molecule has 35 heavy (non-hydrogen) atoms. The quantitative estimate of drug-likeness (QED) is 0.262. The van der Waals surface area contributed by atoms with Crippen molar-refractivity contribution in [3.05, 3.63) is 58.6 Å². The Morgan fingerprint density at radius 2 is 1.83 bits per heavy atom. The van der Waals surface area contributed by atoms with Gasteiger partial charge in [-0.05, 0) is 60.7 Å². The highest BCUT2D eigenvalue weighted by Gasteiger charge is 2.29. The van der Waals surface area contributed by atoms with Gasteiger partial charge in [-0.2, -0.15) is 0 Å². The van der Waals surface area contributed by atoms with Gasteiger partial charge in [0.25, 0.3) is 11.8 Å². The van der Waals surface area contributed by atoms with Crippen molar-refractivity contribution < 1.29 is 19.1 Å². The van der Waals surface area contributed by atoms with Gasteiger partial charge in [-0.25, -0.2) is 9.97 Å².